The van der Waals surface area contributed by atoms with Crippen molar-refractivity contribution in [2.75, 3.05) is 13.1 Å². The SMILES string of the molecule is Cc1ccccc1CN1CCN(Cc2ccccc2F)[C@H]1c1ccccc1Cl. The predicted octanol–water partition coefficient (Wildman–Crippen LogP) is 5.80. The van der Waals surface area contributed by atoms with Gasteiger partial charge in [0.2, 0.25) is 0 Å². The number of hydrogen-bond acceptors (Lipinski definition) is 2. The van der Waals surface area contributed by atoms with Crippen molar-refractivity contribution in [3.05, 3.63) is 106 Å². The lowest BCUT2D eigenvalue weighted by molar-refractivity contribution is 0.124. The van der Waals surface area contributed by atoms with E-state index in [1.54, 1.807) is 6.07 Å². The third-order valence-corrected chi connectivity index (χ3v) is 5.86. The van der Waals surface area contributed by atoms with Crippen molar-refractivity contribution in [1.82, 2.24) is 9.80 Å². The fourth-order valence-electron chi connectivity index (χ4n) is 3.99. The minimum Gasteiger partial charge on any atom is -0.278 e. The monoisotopic (exact) mass is 394 g/mol. The summed E-state index contributed by atoms with van der Waals surface area (Å²) < 4.78 is 14.3. The first-order valence-electron chi connectivity index (χ1n) is 9.64. The molecule has 0 unspecified atom stereocenters. The summed E-state index contributed by atoms with van der Waals surface area (Å²) in [6, 6.07) is 23.5. The van der Waals surface area contributed by atoms with Crippen LogP contribution in [0.15, 0.2) is 72.8 Å². The van der Waals surface area contributed by atoms with Gasteiger partial charge in [0.1, 0.15) is 5.82 Å². The molecule has 1 aliphatic rings. The molecule has 144 valence electrons. The Hall–Kier alpha value is -2.20. The lowest BCUT2D eigenvalue weighted by Crippen LogP contribution is -2.31. The van der Waals surface area contributed by atoms with Gasteiger partial charge in [0.15, 0.2) is 0 Å². The van der Waals surface area contributed by atoms with Crippen LogP contribution in [0.1, 0.15) is 28.4 Å². The standard InChI is InChI=1S/C24H24ClFN2/c1-18-8-2-3-9-19(18)16-27-14-15-28(17-20-10-4-7-13-23(20)26)24(27)21-11-5-6-12-22(21)25/h2-13,24H,14-17H2,1H3/t24-/m0/s1. The van der Waals surface area contributed by atoms with E-state index in [9.17, 15) is 4.39 Å². The molecule has 1 atom stereocenters. The molecule has 0 aromatic heterocycles. The summed E-state index contributed by atoms with van der Waals surface area (Å²) >= 11 is 6.58. The van der Waals surface area contributed by atoms with Gasteiger partial charge in [0.05, 0.1) is 6.17 Å². The number of nitrogens with zero attached hydrogens (tertiary/aromatic N) is 2. The minimum absolute atomic E-state index is 0.0212. The summed E-state index contributed by atoms with van der Waals surface area (Å²) in [7, 11) is 0. The van der Waals surface area contributed by atoms with Gasteiger partial charge < -0.3 is 0 Å². The molecule has 4 heteroatoms. The molecule has 3 aromatic rings. The zero-order valence-corrected chi connectivity index (χ0v) is 16.7. The first-order valence-corrected chi connectivity index (χ1v) is 10.0. The van der Waals surface area contributed by atoms with E-state index in [1.165, 1.54) is 17.2 Å². The Morgan fingerprint density at radius 1 is 0.821 bits per heavy atom. The van der Waals surface area contributed by atoms with E-state index < -0.39 is 0 Å². The fraction of sp³-hybridized carbons (Fsp3) is 0.250. The number of aryl methyl sites for hydroxylation is 1. The predicted molar refractivity (Wildman–Crippen MR) is 113 cm³/mol. The molecule has 1 aliphatic heterocycles. The molecule has 0 aliphatic carbocycles. The minimum atomic E-state index is -0.155. The van der Waals surface area contributed by atoms with Gasteiger partial charge in [-0.2, -0.15) is 0 Å². The van der Waals surface area contributed by atoms with Gasteiger partial charge in [0, 0.05) is 42.3 Å². The number of rotatable bonds is 5. The van der Waals surface area contributed by atoms with Crippen molar-refractivity contribution in [2.45, 2.75) is 26.2 Å². The second-order valence-electron chi connectivity index (χ2n) is 7.35. The van der Waals surface area contributed by atoms with Crippen LogP contribution in [0, 0.1) is 12.7 Å². The fourth-order valence-corrected chi connectivity index (χ4v) is 4.23. The van der Waals surface area contributed by atoms with E-state index in [-0.39, 0.29) is 12.0 Å². The Kier molecular flexibility index (Phi) is 5.77. The van der Waals surface area contributed by atoms with Crippen LogP contribution in [-0.4, -0.2) is 22.9 Å². The molecule has 0 radical (unpaired) electrons. The van der Waals surface area contributed by atoms with E-state index in [1.807, 2.05) is 30.3 Å². The van der Waals surface area contributed by atoms with Gasteiger partial charge in [-0.1, -0.05) is 72.3 Å². The van der Waals surface area contributed by atoms with Gasteiger partial charge in [-0.15, -0.1) is 0 Å². The molecule has 1 heterocycles. The third-order valence-electron chi connectivity index (χ3n) is 5.52. The van der Waals surface area contributed by atoms with Crippen LogP contribution >= 0.6 is 11.6 Å². The quantitative estimate of drug-likeness (QED) is 0.539. The zero-order valence-electron chi connectivity index (χ0n) is 16.0. The van der Waals surface area contributed by atoms with E-state index in [0.29, 0.717) is 6.54 Å². The lowest BCUT2D eigenvalue weighted by atomic mass is 10.1. The Morgan fingerprint density at radius 3 is 2.07 bits per heavy atom. The topological polar surface area (TPSA) is 6.48 Å². The maximum atomic E-state index is 14.3. The van der Waals surface area contributed by atoms with E-state index in [4.69, 9.17) is 11.6 Å². The molecular weight excluding hydrogens is 371 g/mol. The second kappa shape index (κ2) is 8.44. The maximum Gasteiger partial charge on any atom is 0.127 e. The summed E-state index contributed by atoms with van der Waals surface area (Å²) in [5, 5.41) is 0.753. The molecular formula is C24H24ClFN2. The van der Waals surface area contributed by atoms with Crippen molar-refractivity contribution < 1.29 is 4.39 Å². The largest absolute Gasteiger partial charge is 0.278 e. The zero-order chi connectivity index (χ0) is 19.5. The highest BCUT2D eigenvalue weighted by Gasteiger charge is 2.34. The third kappa shape index (κ3) is 3.97. The van der Waals surface area contributed by atoms with Crippen molar-refractivity contribution in [3.8, 4) is 0 Å². The van der Waals surface area contributed by atoms with Crippen LogP contribution in [0.4, 0.5) is 4.39 Å². The summed E-state index contributed by atoms with van der Waals surface area (Å²) in [4.78, 5) is 4.75. The van der Waals surface area contributed by atoms with Gasteiger partial charge in [-0.05, 0) is 30.2 Å². The summed E-state index contributed by atoms with van der Waals surface area (Å²) in [5.74, 6) is -0.155. The Balaban J connectivity index is 1.66. The van der Waals surface area contributed by atoms with Crippen molar-refractivity contribution >= 4 is 11.6 Å². The molecule has 1 fully saturated rings. The highest BCUT2D eigenvalue weighted by atomic mass is 35.5. The van der Waals surface area contributed by atoms with Crippen LogP contribution < -0.4 is 0 Å². The van der Waals surface area contributed by atoms with E-state index in [0.717, 1.165) is 35.8 Å². The number of benzene rings is 3. The highest BCUT2D eigenvalue weighted by molar-refractivity contribution is 6.31. The smallest absolute Gasteiger partial charge is 0.127 e. The van der Waals surface area contributed by atoms with Crippen molar-refractivity contribution in [3.63, 3.8) is 0 Å². The molecule has 1 saturated heterocycles. The number of hydrogen-bond donors (Lipinski definition) is 0. The summed E-state index contributed by atoms with van der Waals surface area (Å²) in [6.07, 6.45) is 0.0212. The van der Waals surface area contributed by atoms with Gasteiger partial charge in [0.25, 0.3) is 0 Å². The molecule has 2 nitrogen and oxygen atoms in total. The Bertz CT molecular complexity index is 903. The maximum absolute atomic E-state index is 14.3. The Morgan fingerprint density at radius 2 is 1.39 bits per heavy atom. The average Bonchev–Trinajstić information content (AvgIpc) is 3.08. The van der Waals surface area contributed by atoms with Gasteiger partial charge in [-0.25, -0.2) is 4.39 Å². The molecule has 4 rings (SSSR count). The summed E-state index contributed by atoms with van der Waals surface area (Å²) in [6.45, 7) is 5.34. The van der Waals surface area contributed by atoms with E-state index in [2.05, 4.69) is 47.1 Å². The Labute approximate surface area is 171 Å². The van der Waals surface area contributed by atoms with Crippen LogP contribution in [0.5, 0.6) is 0 Å². The van der Waals surface area contributed by atoms with Crippen LogP contribution in [0.3, 0.4) is 0 Å². The van der Waals surface area contributed by atoms with Crippen LogP contribution in [0.2, 0.25) is 5.02 Å². The normalized spacial score (nSPS) is 17.9. The highest BCUT2D eigenvalue weighted by Crippen LogP contribution is 2.36. The number of halogens is 2. The van der Waals surface area contributed by atoms with Crippen molar-refractivity contribution in [2.24, 2.45) is 0 Å². The molecule has 28 heavy (non-hydrogen) atoms. The van der Waals surface area contributed by atoms with Gasteiger partial charge >= 0.3 is 0 Å². The molecule has 0 spiro atoms. The molecule has 3 aromatic carbocycles. The lowest BCUT2D eigenvalue weighted by Gasteiger charge is -2.32. The first kappa shape index (κ1) is 19.1. The van der Waals surface area contributed by atoms with Crippen LogP contribution in [-0.2, 0) is 13.1 Å². The second-order valence-corrected chi connectivity index (χ2v) is 7.76. The van der Waals surface area contributed by atoms with E-state index >= 15 is 0 Å². The molecule has 0 amide bonds. The average molecular weight is 395 g/mol. The molecule has 0 N–H and O–H groups in total. The molecule has 0 saturated carbocycles. The summed E-state index contributed by atoms with van der Waals surface area (Å²) in [5.41, 5.74) is 4.39. The first-order chi connectivity index (χ1) is 13.6. The van der Waals surface area contributed by atoms with Gasteiger partial charge in [-0.3, -0.25) is 9.80 Å². The molecule has 0 bridgehead atoms. The van der Waals surface area contributed by atoms with Crippen LogP contribution in [0.25, 0.3) is 0 Å². The van der Waals surface area contributed by atoms with Crippen molar-refractivity contribution in [1.29, 1.82) is 0 Å².